The minimum atomic E-state index is -0.0466. The van der Waals surface area contributed by atoms with Gasteiger partial charge in [0.15, 0.2) is 0 Å². The van der Waals surface area contributed by atoms with E-state index in [1.807, 2.05) is 0 Å². The summed E-state index contributed by atoms with van der Waals surface area (Å²) in [6.07, 6.45) is 3.81. The number of rotatable bonds is 3. The van der Waals surface area contributed by atoms with Crippen LogP contribution in [0.5, 0.6) is 0 Å². The summed E-state index contributed by atoms with van der Waals surface area (Å²) in [5.74, 6) is 0.473. The molecule has 17 heavy (non-hydrogen) atoms. The largest absolute Gasteiger partial charge is 0.381 e. The van der Waals surface area contributed by atoms with Crippen LogP contribution in [0.4, 0.5) is 0 Å². The third kappa shape index (κ3) is 3.33. The van der Waals surface area contributed by atoms with Crippen molar-refractivity contribution in [3.8, 4) is 0 Å². The molecule has 0 saturated carbocycles. The lowest BCUT2D eigenvalue weighted by atomic mass is 9.93. The van der Waals surface area contributed by atoms with Gasteiger partial charge in [0.2, 0.25) is 0 Å². The normalized spacial score (nSPS) is 18.9. The van der Waals surface area contributed by atoms with Gasteiger partial charge in [0.25, 0.3) is 5.91 Å². The zero-order valence-corrected chi connectivity index (χ0v) is 11.4. The maximum atomic E-state index is 11.9. The molecule has 0 bridgehead atoms. The van der Waals surface area contributed by atoms with Gasteiger partial charge < -0.3 is 15.0 Å². The van der Waals surface area contributed by atoms with Crippen molar-refractivity contribution in [2.24, 2.45) is 5.92 Å². The zero-order valence-electron chi connectivity index (χ0n) is 9.83. The molecular formula is C12H17BrN2O2. The van der Waals surface area contributed by atoms with E-state index in [0.29, 0.717) is 11.6 Å². The minimum absolute atomic E-state index is 0.0466. The van der Waals surface area contributed by atoms with Crippen LogP contribution in [0.2, 0.25) is 0 Å². The molecule has 5 heteroatoms. The molecule has 0 radical (unpaired) electrons. The van der Waals surface area contributed by atoms with Crippen LogP contribution < -0.4 is 5.32 Å². The molecule has 1 saturated heterocycles. The Balaban J connectivity index is 1.89. The summed E-state index contributed by atoms with van der Waals surface area (Å²) in [6, 6.07) is 1.97. The third-order valence-corrected chi connectivity index (χ3v) is 3.68. The van der Waals surface area contributed by atoms with Crippen molar-refractivity contribution < 1.29 is 9.53 Å². The lowest BCUT2D eigenvalue weighted by Gasteiger charge is -2.28. The molecule has 1 fully saturated rings. The Morgan fingerprint density at radius 1 is 1.59 bits per heavy atom. The molecule has 1 aliphatic heterocycles. The number of ether oxygens (including phenoxy) is 1. The summed E-state index contributed by atoms with van der Waals surface area (Å²) >= 11 is 3.32. The number of hydrogen-bond donors (Lipinski definition) is 2. The molecule has 1 aliphatic rings. The lowest BCUT2D eigenvalue weighted by molar-refractivity contribution is 0.0537. The first-order valence-corrected chi connectivity index (χ1v) is 6.68. The first-order chi connectivity index (χ1) is 8.16. The highest BCUT2D eigenvalue weighted by Crippen LogP contribution is 2.19. The number of carbonyl (C=O) groups is 1. The summed E-state index contributed by atoms with van der Waals surface area (Å²) < 4.78 is 6.21. The topological polar surface area (TPSA) is 54.1 Å². The Hall–Kier alpha value is -0.810. The van der Waals surface area contributed by atoms with E-state index in [1.165, 1.54) is 0 Å². The molecule has 1 aromatic heterocycles. The first-order valence-electron chi connectivity index (χ1n) is 5.89. The third-order valence-electron chi connectivity index (χ3n) is 3.22. The van der Waals surface area contributed by atoms with Crippen LogP contribution in [-0.4, -0.2) is 30.1 Å². The molecule has 1 amide bonds. The number of nitrogens with one attached hydrogen (secondary N) is 2. The highest BCUT2D eigenvalue weighted by atomic mass is 79.9. The smallest absolute Gasteiger partial charge is 0.267 e. The molecule has 0 aliphatic carbocycles. The minimum Gasteiger partial charge on any atom is -0.381 e. The van der Waals surface area contributed by atoms with E-state index in [4.69, 9.17) is 4.74 Å². The van der Waals surface area contributed by atoms with Gasteiger partial charge in [0, 0.05) is 29.9 Å². The van der Waals surface area contributed by atoms with E-state index in [9.17, 15) is 4.79 Å². The second-order valence-corrected chi connectivity index (χ2v) is 5.36. The quantitative estimate of drug-likeness (QED) is 0.900. The van der Waals surface area contributed by atoms with Crippen molar-refractivity contribution in [3.63, 3.8) is 0 Å². The average molecular weight is 301 g/mol. The van der Waals surface area contributed by atoms with Gasteiger partial charge in [-0.05, 0) is 47.7 Å². The monoisotopic (exact) mass is 300 g/mol. The number of aromatic amines is 1. The number of amides is 1. The Labute approximate surface area is 109 Å². The highest BCUT2D eigenvalue weighted by molar-refractivity contribution is 9.10. The van der Waals surface area contributed by atoms with Gasteiger partial charge in [0.1, 0.15) is 5.69 Å². The van der Waals surface area contributed by atoms with Crippen LogP contribution in [-0.2, 0) is 4.74 Å². The van der Waals surface area contributed by atoms with Gasteiger partial charge in [0.05, 0.1) is 0 Å². The van der Waals surface area contributed by atoms with E-state index >= 15 is 0 Å². The molecule has 4 nitrogen and oxygen atoms in total. The van der Waals surface area contributed by atoms with Gasteiger partial charge in [-0.25, -0.2) is 0 Å². The van der Waals surface area contributed by atoms with Crippen molar-refractivity contribution in [2.45, 2.75) is 25.8 Å². The molecule has 94 valence electrons. The summed E-state index contributed by atoms with van der Waals surface area (Å²) in [5.41, 5.74) is 0.593. The van der Waals surface area contributed by atoms with Gasteiger partial charge in [-0.1, -0.05) is 0 Å². The van der Waals surface area contributed by atoms with Gasteiger partial charge in [-0.2, -0.15) is 0 Å². The van der Waals surface area contributed by atoms with Crippen molar-refractivity contribution in [2.75, 3.05) is 13.2 Å². The molecule has 1 unspecified atom stereocenters. The van der Waals surface area contributed by atoms with E-state index in [1.54, 1.807) is 12.3 Å². The predicted octanol–water partition coefficient (Wildman–Crippen LogP) is 2.32. The zero-order chi connectivity index (χ0) is 12.3. The van der Waals surface area contributed by atoms with E-state index < -0.39 is 0 Å². The molecule has 2 N–H and O–H groups in total. The number of hydrogen-bond acceptors (Lipinski definition) is 2. The van der Waals surface area contributed by atoms with Crippen molar-refractivity contribution >= 4 is 21.8 Å². The molecule has 0 aromatic carbocycles. The van der Waals surface area contributed by atoms with Crippen LogP contribution in [0.3, 0.4) is 0 Å². The van der Waals surface area contributed by atoms with Crippen LogP contribution in [0.25, 0.3) is 0 Å². The lowest BCUT2D eigenvalue weighted by Crippen LogP contribution is -2.40. The van der Waals surface area contributed by atoms with Crippen molar-refractivity contribution in [1.82, 2.24) is 10.3 Å². The summed E-state index contributed by atoms with van der Waals surface area (Å²) in [6.45, 7) is 3.67. The van der Waals surface area contributed by atoms with Gasteiger partial charge >= 0.3 is 0 Å². The Morgan fingerprint density at radius 3 is 2.88 bits per heavy atom. The Kier molecular flexibility index (Phi) is 4.23. The predicted molar refractivity (Wildman–Crippen MR) is 69.0 cm³/mol. The fraction of sp³-hybridized carbons (Fsp3) is 0.583. The highest BCUT2D eigenvalue weighted by Gasteiger charge is 2.22. The summed E-state index contributed by atoms with van der Waals surface area (Å²) in [4.78, 5) is 14.8. The van der Waals surface area contributed by atoms with Crippen molar-refractivity contribution in [3.05, 3.63) is 22.4 Å². The standard InChI is InChI=1S/C12H17BrN2O2/c1-8(9-2-4-17-5-3-9)15-12(16)11-6-10(13)7-14-11/h6-9,14H,2-5H2,1H3,(H,15,16). The van der Waals surface area contributed by atoms with Crippen LogP contribution in [0.15, 0.2) is 16.7 Å². The molecule has 1 atom stereocenters. The fourth-order valence-electron chi connectivity index (χ4n) is 2.12. The Bertz CT molecular complexity index is 386. The molecule has 1 aromatic rings. The molecule has 2 heterocycles. The Morgan fingerprint density at radius 2 is 2.29 bits per heavy atom. The molecular weight excluding hydrogens is 284 g/mol. The van der Waals surface area contributed by atoms with E-state index in [0.717, 1.165) is 30.5 Å². The average Bonchev–Trinajstić information content (AvgIpc) is 2.77. The number of H-pyrrole nitrogens is 1. The van der Waals surface area contributed by atoms with Crippen LogP contribution in [0.1, 0.15) is 30.3 Å². The maximum absolute atomic E-state index is 11.9. The van der Waals surface area contributed by atoms with Crippen LogP contribution in [0, 0.1) is 5.92 Å². The number of aromatic nitrogens is 1. The second kappa shape index (κ2) is 5.69. The van der Waals surface area contributed by atoms with Crippen LogP contribution >= 0.6 is 15.9 Å². The van der Waals surface area contributed by atoms with E-state index in [2.05, 4.69) is 33.2 Å². The van der Waals surface area contributed by atoms with Crippen molar-refractivity contribution in [1.29, 1.82) is 0 Å². The fourth-order valence-corrected chi connectivity index (χ4v) is 2.46. The second-order valence-electron chi connectivity index (χ2n) is 4.44. The van der Waals surface area contributed by atoms with Gasteiger partial charge in [-0.3, -0.25) is 4.79 Å². The van der Waals surface area contributed by atoms with Gasteiger partial charge in [-0.15, -0.1) is 0 Å². The summed E-state index contributed by atoms with van der Waals surface area (Å²) in [7, 11) is 0. The molecule has 2 rings (SSSR count). The number of carbonyl (C=O) groups excluding carboxylic acids is 1. The van der Waals surface area contributed by atoms with E-state index in [-0.39, 0.29) is 11.9 Å². The molecule has 0 spiro atoms. The maximum Gasteiger partial charge on any atom is 0.267 e. The SMILES string of the molecule is CC(NC(=O)c1cc(Br)c[nH]1)C1CCOCC1. The summed E-state index contributed by atoms with van der Waals surface area (Å²) in [5, 5.41) is 3.03. The number of halogens is 1. The first kappa shape index (κ1) is 12.6.